The number of carbonyl (C=O) groups excluding carboxylic acids is 1. The van der Waals surface area contributed by atoms with Crippen LogP contribution >= 0.6 is 28.3 Å². The summed E-state index contributed by atoms with van der Waals surface area (Å²) >= 11 is 3.49. The maximum atomic E-state index is 13.6. The van der Waals surface area contributed by atoms with Crippen molar-refractivity contribution in [2.24, 2.45) is 0 Å². The van der Waals surface area contributed by atoms with Gasteiger partial charge in [0.05, 0.1) is 16.2 Å². The molecule has 25 heavy (non-hydrogen) atoms. The predicted molar refractivity (Wildman–Crippen MR) is 101 cm³/mol. The molecule has 136 valence electrons. The molecule has 1 aliphatic heterocycles. The highest BCUT2D eigenvalue weighted by Crippen LogP contribution is 2.30. The first kappa shape index (κ1) is 19.9. The average Bonchev–Trinajstić information content (AvgIpc) is 2.96. The third kappa shape index (κ3) is 4.04. The molecular weight excluding hydrogens is 411 g/mol. The van der Waals surface area contributed by atoms with Gasteiger partial charge in [-0.2, -0.15) is 5.10 Å². The van der Waals surface area contributed by atoms with E-state index < -0.39 is 0 Å². The largest absolute Gasteiger partial charge is 0.328 e. The second-order valence-electron chi connectivity index (χ2n) is 6.23. The maximum Gasteiger partial charge on any atom is 0.276 e. The van der Waals surface area contributed by atoms with E-state index in [1.807, 2.05) is 19.9 Å². The summed E-state index contributed by atoms with van der Waals surface area (Å²) in [4.78, 5) is 14.8. The van der Waals surface area contributed by atoms with Crippen LogP contribution in [0.25, 0.3) is 0 Å². The van der Waals surface area contributed by atoms with E-state index in [1.54, 1.807) is 11.0 Å². The number of halogens is 3. The molecule has 2 N–H and O–H groups in total. The molecule has 2 heterocycles. The molecule has 1 saturated heterocycles. The van der Waals surface area contributed by atoms with Gasteiger partial charge in [0.15, 0.2) is 5.69 Å². The third-order valence-corrected chi connectivity index (χ3v) is 5.05. The molecule has 0 bridgehead atoms. The number of piperazine rings is 1. The second-order valence-corrected chi connectivity index (χ2v) is 7.02. The van der Waals surface area contributed by atoms with Crippen molar-refractivity contribution in [3.63, 3.8) is 0 Å². The standard InChI is InChI=1S/C17H20BrFN4O.ClH/c1-10(2)15-14(18)16(22-21-15)17(24)23-7-6-20-9-13(23)11-4-3-5-12(19)8-11;/h3-5,8,10,13,20H,6-7,9H2,1-2H3,(H,21,22);1H. The summed E-state index contributed by atoms with van der Waals surface area (Å²) in [5, 5.41) is 10.4. The Morgan fingerprint density at radius 2 is 2.20 bits per heavy atom. The van der Waals surface area contributed by atoms with Crippen molar-refractivity contribution in [2.75, 3.05) is 19.6 Å². The van der Waals surface area contributed by atoms with E-state index >= 15 is 0 Å². The lowest BCUT2D eigenvalue weighted by atomic mass is 10.0. The Kier molecular flexibility index (Phi) is 6.59. The number of aromatic amines is 1. The van der Waals surface area contributed by atoms with Crippen LogP contribution in [0, 0.1) is 5.82 Å². The molecular formula is C17H21BrClFN4O. The molecule has 0 aliphatic carbocycles. The Balaban J connectivity index is 0.00000225. The van der Waals surface area contributed by atoms with Gasteiger partial charge >= 0.3 is 0 Å². The number of nitrogens with zero attached hydrogens (tertiary/aromatic N) is 2. The van der Waals surface area contributed by atoms with E-state index in [9.17, 15) is 9.18 Å². The van der Waals surface area contributed by atoms with Gasteiger partial charge in [-0.25, -0.2) is 4.39 Å². The first-order valence-electron chi connectivity index (χ1n) is 8.00. The van der Waals surface area contributed by atoms with Crippen molar-refractivity contribution in [1.82, 2.24) is 20.4 Å². The lowest BCUT2D eigenvalue weighted by Gasteiger charge is -2.36. The van der Waals surface area contributed by atoms with E-state index in [0.29, 0.717) is 29.8 Å². The van der Waals surface area contributed by atoms with Crippen molar-refractivity contribution < 1.29 is 9.18 Å². The number of aromatic nitrogens is 2. The second kappa shape index (κ2) is 8.29. The minimum atomic E-state index is -0.298. The van der Waals surface area contributed by atoms with Gasteiger partial charge < -0.3 is 10.2 Å². The van der Waals surface area contributed by atoms with Crippen LogP contribution in [0.4, 0.5) is 4.39 Å². The highest BCUT2D eigenvalue weighted by atomic mass is 79.9. The molecule has 2 aromatic rings. The van der Waals surface area contributed by atoms with Crippen molar-refractivity contribution in [1.29, 1.82) is 0 Å². The predicted octanol–water partition coefficient (Wildman–Crippen LogP) is 3.64. The van der Waals surface area contributed by atoms with Crippen molar-refractivity contribution in [3.05, 3.63) is 51.5 Å². The molecule has 1 unspecified atom stereocenters. The zero-order valence-electron chi connectivity index (χ0n) is 14.1. The van der Waals surface area contributed by atoms with Gasteiger partial charge in [0.2, 0.25) is 0 Å². The minimum Gasteiger partial charge on any atom is -0.328 e. The highest BCUT2D eigenvalue weighted by molar-refractivity contribution is 9.10. The van der Waals surface area contributed by atoms with Gasteiger partial charge in [-0.15, -0.1) is 12.4 Å². The highest BCUT2D eigenvalue weighted by Gasteiger charge is 2.32. The van der Waals surface area contributed by atoms with Gasteiger partial charge in [0.1, 0.15) is 5.82 Å². The maximum absolute atomic E-state index is 13.6. The number of H-pyrrole nitrogens is 1. The molecule has 1 aliphatic rings. The third-order valence-electron chi connectivity index (χ3n) is 4.25. The first-order valence-corrected chi connectivity index (χ1v) is 8.79. The summed E-state index contributed by atoms with van der Waals surface area (Å²) in [5.41, 5.74) is 2.06. The van der Waals surface area contributed by atoms with E-state index in [1.165, 1.54) is 12.1 Å². The Bertz CT molecular complexity index is 752. The first-order chi connectivity index (χ1) is 11.5. The topological polar surface area (TPSA) is 61.0 Å². The monoisotopic (exact) mass is 430 g/mol. The fourth-order valence-electron chi connectivity index (χ4n) is 2.96. The summed E-state index contributed by atoms with van der Waals surface area (Å²) < 4.78 is 14.3. The smallest absolute Gasteiger partial charge is 0.276 e. The number of amides is 1. The molecule has 1 fully saturated rings. The zero-order chi connectivity index (χ0) is 17.3. The Morgan fingerprint density at radius 1 is 1.44 bits per heavy atom. The molecule has 1 aromatic carbocycles. The van der Waals surface area contributed by atoms with Crippen LogP contribution in [-0.2, 0) is 0 Å². The van der Waals surface area contributed by atoms with Gasteiger partial charge in [-0.05, 0) is 39.5 Å². The minimum absolute atomic E-state index is 0. The Hall–Kier alpha value is -1.44. The quantitative estimate of drug-likeness (QED) is 0.780. The van der Waals surface area contributed by atoms with E-state index in [-0.39, 0.29) is 36.1 Å². The number of benzene rings is 1. The van der Waals surface area contributed by atoms with Crippen LogP contribution in [0.5, 0.6) is 0 Å². The van der Waals surface area contributed by atoms with Gasteiger partial charge in [0, 0.05) is 19.6 Å². The van der Waals surface area contributed by atoms with Gasteiger partial charge in [-0.1, -0.05) is 26.0 Å². The Labute approximate surface area is 160 Å². The lowest BCUT2D eigenvalue weighted by molar-refractivity contribution is 0.0627. The number of carbonyl (C=O) groups is 1. The molecule has 5 nitrogen and oxygen atoms in total. The number of nitrogens with one attached hydrogen (secondary N) is 2. The molecule has 8 heteroatoms. The van der Waals surface area contributed by atoms with Crippen LogP contribution in [0.2, 0.25) is 0 Å². The summed E-state index contributed by atoms with van der Waals surface area (Å²) in [6.07, 6.45) is 0. The summed E-state index contributed by atoms with van der Waals surface area (Å²) in [6.45, 7) is 5.92. The number of hydrogen-bond acceptors (Lipinski definition) is 3. The number of rotatable bonds is 3. The van der Waals surface area contributed by atoms with Crippen molar-refractivity contribution >= 4 is 34.2 Å². The Morgan fingerprint density at radius 3 is 2.84 bits per heavy atom. The molecule has 1 amide bonds. The fourth-order valence-corrected chi connectivity index (χ4v) is 3.77. The van der Waals surface area contributed by atoms with E-state index in [4.69, 9.17) is 0 Å². The zero-order valence-corrected chi connectivity index (χ0v) is 16.5. The molecule has 0 radical (unpaired) electrons. The molecule has 3 rings (SSSR count). The van der Waals surface area contributed by atoms with Gasteiger partial charge in [0.25, 0.3) is 5.91 Å². The summed E-state index contributed by atoms with van der Waals surface area (Å²) in [5.74, 6) is -0.218. The molecule has 0 saturated carbocycles. The SMILES string of the molecule is CC(C)c1[nH]nc(C(=O)N2CCNCC2c2cccc(F)c2)c1Br.Cl. The van der Waals surface area contributed by atoms with Crippen LogP contribution in [0.1, 0.15) is 47.6 Å². The van der Waals surface area contributed by atoms with E-state index in [0.717, 1.165) is 11.3 Å². The van der Waals surface area contributed by atoms with Crippen LogP contribution in [-0.4, -0.2) is 40.6 Å². The molecule has 1 atom stereocenters. The molecule has 0 spiro atoms. The van der Waals surface area contributed by atoms with Crippen LogP contribution < -0.4 is 5.32 Å². The van der Waals surface area contributed by atoms with Crippen molar-refractivity contribution in [3.8, 4) is 0 Å². The van der Waals surface area contributed by atoms with Crippen LogP contribution in [0.15, 0.2) is 28.7 Å². The fraction of sp³-hybridized carbons (Fsp3) is 0.412. The van der Waals surface area contributed by atoms with E-state index in [2.05, 4.69) is 31.4 Å². The van der Waals surface area contributed by atoms with Crippen molar-refractivity contribution in [2.45, 2.75) is 25.8 Å². The average molecular weight is 432 g/mol. The number of hydrogen-bond donors (Lipinski definition) is 2. The van der Waals surface area contributed by atoms with Gasteiger partial charge in [-0.3, -0.25) is 9.89 Å². The summed E-state index contributed by atoms with van der Waals surface area (Å²) in [7, 11) is 0. The normalized spacial score (nSPS) is 17.5. The van der Waals surface area contributed by atoms with Crippen LogP contribution in [0.3, 0.4) is 0 Å². The lowest BCUT2D eigenvalue weighted by Crippen LogP contribution is -2.48. The summed E-state index contributed by atoms with van der Waals surface area (Å²) in [6, 6.07) is 6.19. The molecule has 1 aromatic heterocycles.